The highest BCUT2D eigenvalue weighted by Crippen LogP contribution is 2.19. The Morgan fingerprint density at radius 3 is 2.32 bits per heavy atom. The first-order valence-corrected chi connectivity index (χ1v) is 6.28. The third-order valence-electron chi connectivity index (χ3n) is 2.55. The Kier molecular flexibility index (Phi) is 3.95. The van der Waals surface area contributed by atoms with Crippen molar-refractivity contribution in [3.63, 3.8) is 0 Å². The molecule has 1 N–H and O–H groups in total. The maximum absolute atomic E-state index is 13.0. The van der Waals surface area contributed by atoms with Crippen molar-refractivity contribution in [1.82, 2.24) is 0 Å². The smallest absolute Gasteiger partial charge is 0.255 e. The van der Waals surface area contributed by atoms with Crippen LogP contribution in [0.4, 0.5) is 14.5 Å². The number of carbonyl (C=O) groups excluding carboxylic acids is 1. The predicted molar refractivity (Wildman–Crippen MR) is 73.2 cm³/mol. The third-order valence-corrected chi connectivity index (χ3v) is 3.41. The van der Waals surface area contributed by atoms with E-state index < -0.39 is 17.5 Å². The van der Waals surface area contributed by atoms with Gasteiger partial charge >= 0.3 is 0 Å². The molecule has 0 spiro atoms. The quantitative estimate of drug-likeness (QED) is 0.876. The van der Waals surface area contributed by atoms with Crippen molar-refractivity contribution in [2.24, 2.45) is 0 Å². The summed E-state index contributed by atoms with van der Waals surface area (Å²) in [5.41, 5.74) is 1.48. The highest BCUT2D eigenvalue weighted by atomic mass is 79.9. The van der Waals surface area contributed by atoms with Gasteiger partial charge in [0, 0.05) is 21.8 Å². The van der Waals surface area contributed by atoms with E-state index in [0.29, 0.717) is 5.56 Å². The van der Waals surface area contributed by atoms with Gasteiger partial charge in [-0.25, -0.2) is 8.78 Å². The molecule has 2 aromatic carbocycles. The molecule has 98 valence electrons. The van der Waals surface area contributed by atoms with Crippen LogP contribution in [0.2, 0.25) is 0 Å². The average molecular weight is 326 g/mol. The summed E-state index contributed by atoms with van der Waals surface area (Å²) < 4.78 is 26.8. The molecule has 19 heavy (non-hydrogen) atoms. The number of benzene rings is 2. The van der Waals surface area contributed by atoms with E-state index in [-0.39, 0.29) is 5.69 Å². The van der Waals surface area contributed by atoms with Crippen LogP contribution >= 0.6 is 15.9 Å². The fourth-order valence-electron chi connectivity index (χ4n) is 1.56. The first-order valence-electron chi connectivity index (χ1n) is 5.49. The van der Waals surface area contributed by atoms with E-state index in [0.717, 1.165) is 28.2 Å². The van der Waals surface area contributed by atoms with Crippen LogP contribution in [0, 0.1) is 18.6 Å². The molecule has 0 bridgehead atoms. The van der Waals surface area contributed by atoms with Crippen LogP contribution in [-0.4, -0.2) is 5.91 Å². The summed E-state index contributed by atoms with van der Waals surface area (Å²) in [6.07, 6.45) is 0. The third kappa shape index (κ3) is 3.38. The van der Waals surface area contributed by atoms with E-state index in [9.17, 15) is 13.6 Å². The lowest BCUT2D eigenvalue weighted by molar-refractivity contribution is 0.102. The van der Waals surface area contributed by atoms with Gasteiger partial charge in [0.1, 0.15) is 11.6 Å². The number of anilines is 1. The van der Waals surface area contributed by atoms with Gasteiger partial charge < -0.3 is 5.32 Å². The SMILES string of the molecule is Cc1ccc(C(=O)Nc2cc(F)cc(F)c2)cc1Br. The summed E-state index contributed by atoms with van der Waals surface area (Å²) in [5.74, 6) is -1.90. The van der Waals surface area contributed by atoms with Gasteiger partial charge in [0.05, 0.1) is 0 Å². The summed E-state index contributed by atoms with van der Waals surface area (Å²) in [6, 6.07) is 7.95. The maximum atomic E-state index is 13.0. The van der Waals surface area contributed by atoms with Gasteiger partial charge in [-0.1, -0.05) is 22.0 Å². The van der Waals surface area contributed by atoms with Gasteiger partial charge in [-0.15, -0.1) is 0 Å². The molecule has 0 aliphatic carbocycles. The number of carbonyl (C=O) groups is 1. The summed E-state index contributed by atoms with van der Waals surface area (Å²) in [6.45, 7) is 1.90. The zero-order chi connectivity index (χ0) is 14.0. The van der Waals surface area contributed by atoms with Gasteiger partial charge in [-0.05, 0) is 36.8 Å². The van der Waals surface area contributed by atoms with E-state index in [1.54, 1.807) is 18.2 Å². The zero-order valence-electron chi connectivity index (χ0n) is 10.0. The molecule has 0 heterocycles. The Hall–Kier alpha value is -1.75. The standard InChI is InChI=1S/C14H10BrF2NO/c1-8-2-3-9(4-13(8)15)14(19)18-12-6-10(16)5-11(17)7-12/h2-7H,1H3,(H,18,19). The first-order chi connectivity index (χ1) is 8.95. The van der Waals surface area contributed by atoms with Crippen LogP contribution in [0.15, 0.2) is 40.9 Å². The second-order valence-corrected chi connectivity index (χ2v) is 4.93. The van der Waals surface area contributed by atoms with Crippen LogP contribution < -0.4 is 5.32 Å². The number of amides is 1. The molecule has 5 heteroatoms. The van der Waals surface area contributed by atoms with Gasteiger partial charge in [-0.3, -0.25) is 4.79 Å². The Labute approximate surface area is 117 Å². The van der Waals surface area contributed by atoms with Crippen molar-refractivity contribution in [3.05, 3.63) is 63.6 Å². The monoisotopic (exact) mass is 325 g/mol. The van der Waals surface area contributed by atoms with Crippen LogP contribution in [-0.2, 0) is 0 Å². The number of nitrogens with one attached hydrogen (secondary N) is 1. The molecule has 0 aliphatic rings. The topological polar surface area (TPSA) is 29.1 Å². The fraction of sp³-hybridized carbons (Fsp3) is 0.0714. The molecule has 0 aromatic heterocycles. The highest BCUT2D eigenvalue weighted by molar-refractivity contribution is 9.10. The summed E-state index contributed by atoms with van der Waals surface area (Å²) in [7, 11) is 0. The molecule has 0 saturated carbocycles. The lowest BCUT2D eigenvalue weighted by Gasteiger charge is -2.07. The zero-order valence-corrected chi connectivity index (χ0v) is 11.6. The van der Waals surface area contributed by atoms with Crippen LogP contribution in [0.5, 0.6) is 0 Å². The largest absolute Gasteiger partial charge is 0.322 e. The van der Waals surface area contributed by atoms with Crippen molar-refractivity contribution in [2.45, 2.75) is 6.92 Å². The first kappa shape index (κ1) is 13.7. The van der Waals surface area contributed by atoms with Gasteiger partial charge in [0.2, 0.25) is 0 Å². The fourth-order valence-corrected chi connectivity index (χ4v) is 1.94. The Bertz CT molecular complexity index is 623. The number of halogens is 3. The second-order valence-electron chi connectivity index (χ2n) is 4.08. The molecular formula is C14H10BrF2NO. The molecule has 0 aliphatic heterocycles. The van der Waals surface area contributed by atoms with E-state index >= 15 is 0 Å². The minimum absolute atomic E-state index is 0.0826. The molecule has 2 rings (SSSR count). The van der Waals surface area contributed by atoms with Crippen LogP contribution in [0.25, 0.3) is 0 Å². The second kappa shape index (κ2) is 5.48. The van der Waals surface area contributed by atoms with Crippen molar-refractivity contribution < 1.29 is 13.6 Å². The van der Waals surface area contributed by atoms with Crippen LogP contribution in [0.1, 0.15) is 15.9 Å². The minimum Gasteiger partial charge on any atom is -0.322 e. The number of aryl methyl sites for hydroxylation is 1. The predicted octanol–water partition coefficient (Wildman–Crippen LogP) is 4.29. The number of hydrogen-bond acceptors (Lipinski definition) is 1. The number of hydrogen-bond donors (Lipinski definition) is 1. The van der Waals surface area contributed by atoms with E-state index in [2.05, 4.69) is 21.2 Å². The van der Waals surface area contributed by atoms with Crippen molar-refractivity contribution in [2.75, 3.05) is 5.32 Å². The average Bonchev–Trinajstić information content (AvgIpc) is 2.31. The molecular weight excluding hydrogens is 316 g/mol. The van der Waals surface area contributed by atoms with E-state index in [1.165, 1.54) is 0 Å². The van der Waals surface area contributed by atoms with E-state index in [1.807, 2.05) is 6.92 Å². The molecule has 1 amide bonds. The van der Waals surface area contributed by atoms with Crippen molar-refractivity contribution in [1.29, 1.82) is 0 Å². The van der Waals surface area contributed by atoms with E-state index in [4.69, 9.17) is 0 Å². The molecule has 0 fully saturated rings. The minimum atomic E-state index is -0.736. The van der Waals surface area contributed by atoms with Gasteiger partial charge in [0.15, 0.2) is 0 Å². The lowest BCUT2D eigenvalue weighted by Crippen LogP contribution is -2.12. The Morgan fingerprint density at radius 2 is 1.74 bits per heavy atom. The normalized spacial score (nSPS) is 10.3. The van der Waals surface area contributed by atoms with Crippen molar-refractivity contribution in [3.8, 4) is 0 Å². The molecule has 0 radical (unpaired) electrons. The molecule has 2 aromatic rings. The maximum Gasteiger partial charge on any atom is 0.255 e. The van der Waals surface area contributed by atoms with Gasteiger partial charge in [0.25, 0.3) is 5.91 Å². The molecule has 0 saturated heterocycles. The summed E-state index contributed by atoms with van der Waals surface area (Å²) in [4.78, 5) is 11.9. The van der Waals surface area contributed by atoms with Crippen LogP contribution in [0.3, 0.4) is 0 Å². The summed E-state index contributed by atoms with van der Waals surface area (Å²) in [5, 5.41) is 2.45. The van der Waals surface area contributed by atoms with Crippen molar-refractivity contribution >= 4 is 27.5 Å². The van der Waals surface area contributed by atoms with Gasteiger partial charge in [-0.2, -0.15) is 0 Å². The lowest BCUT2D eigenvalue weighted by atomic mass is 10.1. The Morgan fingerprint density at radius 1 is 1.11 bits per heavy atom. The summed E-state index contributed by atoms with van der Waals surface area (Å²) >= 11 is 3.32. The molecule has 0 atom stereocenters. The molecule has 0 unspecified atom stereocenters. The molecule has 2 nitrogen and oxygen atoms in total. The number of rotatable bonds is 2. The highest BCUT2D eigenvalue weighted by Gasteiger charge is 2.09. The Balaban J connectivity index is 2.22.